The van der Waals surface area contributed by atoms with Gasteiger partial charge in [0, 0.05) is 30.4 Å². The highest BCUT2D eigenvalue weighted by atomic mass is 79.9. The Hall–Kier alpha value is -2.64. The van der Waals surface area contributed by atoms with Gasteiger partial charge in [-0.3, -0.25) is 14.5 Å². The Balaban J connectivity index is 1.98. The van der Waals surface area contributed by atoms with E-state index in [1.165, 1.54) is 4.90 Å². The summed E-state index contributed by atoms with van der Waals surface area (Å²) in [7, 11) is 3.17. The van der Waals surface area contributed by atoms with Crippen LogP contribution in [0.5, 0.6) is 5.75 Å². The lowest BCUT2D eigenvalue weighted by molar-refractivity contribution is -0.136. The van der Waals surface area contributed by atoms with E-state index in [9.17, 15) is 9.59 Å². The van der Waals surface area contributed by atoms with Crippen molar-refractivity contribution in [2.75, 3.05) is 32.7 Å². The van der Waals surface area contributed by atoms with E-state index in [0.717, 1.165) is 10.2 Å². The first-order chi connectivity index (χ1) is 13.5. The van der Waals surface area contributed by atoms with Gasteiger partial charge in [0.15, 0.2) is 0 Å². The van der Waals surface area contributed by atoms with Crippen LogP contribution in [0.2, 0.25) is 0 Å². The van der Waals surface area contributed by atoms with E-state index in [4.69, 9.17) is 9.47 Å². The van der Waals surface area contributed by atoms with E-state index in [1.807, 2.05) is 24.3 Å². The molecule has 3 rings (SSSR count). The van der Waals surface area contributed by atoms with Gasteiger partial charge in [-0.15, -0.1) is 0 Å². The first kappa shape index (κ1) is 20.1. The number of nitrogens with zero attached hydrogens (tertiary/aromatic N) is 1. The van der Waals surface area contributed by atoms with Gasteiger partial charge in [-0.25, -0.2) is 0 Å². The van der Waals surface area contributed by atoms with Gasteiger partial charge in [-0.2, -0.15) is 0 Å². The van der Waals surface area contributed by atoms with Crippen LogP contribution in [0.3, 0.4) is 0 Å². The summed E-state index contributed by atoms with van der Waals surface area (Å²) in [6.07, 6.45) is 0.577. The lowest BCUT2D eigenvalue weighted by Gasteiger charge is -2.15. The van der Waals surface area contributed by atoms with Crippen molar-refractivity contribution in [1.29, 1.82) is 0 Å². The molecule has 0 saturated carbocycles. The minimum atomic E-state index is -0.341. The molecule has 2 aromatic rings. The van der Waals surface area contributed by atoms with Gasteiger partial charge in [0.1, 0.15) is 11.4 Å². The number of ether oxygens (including phenoxy) is 2. The van der Waals surface area contributed by atoms with Gasteiger partial charge in [0.25, 0.3) is 11.8 Å². The summed E-state index contributed by atoms with van der Waals surface area (Å²) in [5.74, 6) is 0.0234. The molecule has 1 heterocycles. The smallest absolute Gasteiger partial charge is 0.278 e. The summed E-state index contributed by atoms with van der Waals surface area (Å²) in [6, 6.07) is 14.5. The zero-order chi connectivity index (χ0) is 20.1. The van der Waals surface area contributed by atoms with Crippen molar-refractivity contribution < 1.29 is 19.1 Å². The number of rotatable bonds is 8. The minimum absolute atomic E-state index is 0.269. The molecular weight excluding hydrogens is 424 g/mol. The van der Waals surface area contributed by atoms with Crippen LogP contribution < -0.4 is 10.1 Å². The van der Waals surface area contributed by atoms with Crippen LogP contribution in [0.4, 0.5) is 5.69 Å². The van der Waals surface area contributed by atoms with Gasteiger partial charge in [-0.1, -0.05) is 34.1 Å². The number of nitrogens with one attached hydrogen (secondary N) is 1. The number of carbonyl (C=O) groups excluding carboxylic acids is 2. The van der Waals surface area contributed by atoms with Crippen LogP contribution in [0.25, 0.3) is 5.57 Å². The maximum absolute atomic E-state index is 13.1. The number of methoxy groups -OCH3 is 2. The number of benzene rings is 2. The molecule has 0 unspecified atom stereocenters. The fraction of sp³-hybridized carbons (Fsp3) is 0.238. The van der Waals surface area contributed by atoms with E-state index in [0.29, 0.717) is 36.5 Å². The van der Waals surface area contributed by atoms with Crippen molar-refractivity contribution in [3.63, 3.8) is 0 Å². The van der Waals surface area contributed by atoms with Crippen molar-refractivity contribution in [1.82, 2.24) is 4.90 Å². The number of hydrogen-bond donors (Lipinski definition) is 1. The SMILES string of the molecule is COCCCN1C(=O)C(Nc2cccc(Br)c2)=C(c2ccc(OC)cc2)C1=O. The molecule has 7 heteroatoms. The second kappa shape index (κ2) is 9.03. The van der Waals surface area contributed by atoms with Gasteiger partial charge >= 0.3 is 0 Å². The molecule has 0 bridgehead atoms. The Morgan fingerprint density at radius 3 is 2.43 bits per heavy atom. The molecule has 1 aliphatic rings. The summed E-state index contributed by atoms with van der Waals surface area (Å²) < 4.78 is 11.1. The summed E-state index contributed by atoms with van der Waals surface area (Å²) in [5.41, 5.74) is 2.00. The quantitative estimate of drug-likeness (QED) is 0.496. The normalized spacial score (nSPS) is 14.0. The van der Waals surface area contributed by atoms with Crippen LogP contribution in [0, 0.1) is 0 Å². The molecular formula is C21H21BrN2O4. The Labute approximate surface area is 172 Å². The standard InChI is InChI=1S/C21H21BrN2O4/c1-27-12-4-11-24-20(25)18(14-7-9-17(28-2)10-8-14)19(21(24)26)23-16-6-3-5-15(22)13-16/h3,5-10,13,23H,4,11-12H2,1-2H3. The zero-order valence-electron chi connectivity index (χ0n) is 15.7. The number of hydrogen-bond acceptors (Lipinski definition) is 5. The molecule has 1 N–H and O–H groups in total. The molecule has 0 aliphatic carbocycles. The van der Waals surface area contributed by atoms with Crippen molar-refractivity contribution in [3.05, 3.63) is 64.3 Å². The van der Waals surface area contributed by atoms with Crippen LogP contribution in [-0.4, -0.2) is 44.1 Å². The van der Waals surface area contributed by atoms with Crippen LogP contribution in [-0.2, 0) is 14.3 Å². The van der Waals surface area contributed by atoms with Gasteiger partial charge < -0.3 is 14.8 Å². The molecule has 0 spiro atoms. The third-order valence-corrected chi connectivity index (χ3v) is 4.86. The Morgan fingerprint density at radius 2 is 1.79 bits per heavy atom. The lowest BCUT2D eigenvalue weighted by Crippen LogP contribution is -2.33. The third-order valence-electron chi connectivity index (χ3n) is 4.37. The molecule has 146 valence electrons. The highest BCUT2D eigenvalue weighted by Gasteiger charge is 2.38. The van der Waals surface area contributed by atoms with Crippen molar-refractivity contribution in [2.45, 2.75) is 6.42 Å². The highest BCUT2D eigenvalue weighted by Crippen LogP contribution is 2.32. The number of anilines is 1. The van der Waals surface area contributed by atoms with E-state index in [2.05, 4.69) is 21.2 Å². The molecule has 2 aromatic carbocycles. The molecule has 0 atom stereocenters. The van der Waals surface area contributed by atoms with E-state index >= 15 is 0 Å². The van der Waals surface area contributed by atoms with Crippen molar-refractivity contribution in [2.24, 2.45) is 0 Å². The van der Waals surface area contributed by atoms with Gasteiger partial charge in [0.2, 0.25) is 0 Å². The monoisotopic (exact) mass is 444 g/mol. The van der Waals surface area contributed by atoms with Crippen LogP contribution in [0.1, 0.15) is 12.0 Å². The Bertz CT molecular complexity index is 909. The summed E-state index contributed by atoms with van der Waals surface area (Å²) >= 11 is 3.42. The topological polar surface area (TPSA) is 67.9 Å². The van der Waals surface area contributed by atoms with Gasteiger partial charge in [-0.05, 0) is 42.3 Å². The maximum atomic E-state index is 13.1. The van der Waals surface area contributed by atoms with Gasteiger partial charge in [0.05, 0.1) is 12.7 Å². The summed E-state index contributed by atoms with van der Waals surface area (Å²) in [6.45, 7) is 0.776. The number of amides is 2. The number of carbonyl (C=O) groups is 2. The minimum Gasteiger partial charge on any atom is -0.497 e. The molecule has 2 amide bonds. The average Bonchev–Trinajstić information content (AvgIpc) is 2.92. The zero-order valence-corrected chi connectivity index (χ0v) is 17.3. The molecule has 0 fully saturated rings. The molecule has 0 radical (unpaired) electrons. The Kier molecular flexibility index (Phi) is 6.49. The number of imide groups is 1. The fourth-order valence-electron chi connectivity index (χ4n) is 3.00. The van der Waals surface area contributed by atoms with E-state index < -0.39 is 0 Å². The second-order valence-electron chi connectivity index (χ2n) is 6.22. The van der Waals surface area contributed by atoms with Crippen LogP contribution in [0.15, 0.2) is 58.7 Å². The van der Waals surface area contributed by atoms with Crippen molar-refractivity contribution >= 4 is 39.0 Å². The summed E-state index contributed by atoms with van der Waals surface area (Å²) in [5, 5.41) is 3.13. The summed E-state index contributed by atoms with van der Waals surface area (Å²) in [4.78, 5) is 27.3. The predicted molar refractivity (Wildman–Crippen MR) is 111 cm³/mol. The molecule has 0 saturated heterocycles. The fourth-order valence-corrected chi connectivity index (χ4v) is 3.40. The second-order valence-corrected chi connectivity index (χ2v) is 7.14. The Morgan fingerprint density at radius 1 is 1.04 bits per heavy atom. The van der Waals surface area contributed by atoms with Crippen molar-refractivity contribution in [3.8, 4) is 5.75 Å². The first-order valence-electron chi connectivity index (χ1n) is 8.81. The molecule has 6 nitrogen and oxygen atoms in total. The third kappa shape index (κ3) is 4.26. The predicted octanol–water partition coefficient (Wildman–Crippen LogP) is 3.69. The maximum Gasteiger partial charge on any atom is 0.278 e. The molecule has 0 aromatic heterocycles. The number of halogens is 1. The molecule has 28 heavy (non-hydrogen) atoms. The largest absolute Gasteiger partial charge is 0.497 e. The molecule has 1 aliphatic heterocycles. The first-order valence-corrected chi connectivity index (χ1v) is 9.61. The van der Waals surface area contributed by atoms with E-state index in [-0.39, 0.29) is 17.5 Å². The lowest BCUT2D eigenvalue weighted by atomic mass is 10.0. The van der Waals surface area contributed by atoms with E-state index in [1.54, 1.807) is 38.5 Å². The van der Waals surface area contributed by atoms with Crippen LogP contribution >= 0.6 is 15.9 Å². The highest BCUT2D eigenvalue weighted by molar-refractivity contribution is 9.10. The average molecular weight is 445 g/mol.